The number of amides is 4. The van der Waals surface area contributed by atoms with Crippen molar-refractivity contribution in [2.24, 2.45) is 0 Å². The van der Waals surface area contributed by atoms with Gasteiger partial charge in [0.15, 0.2) is 11.6 Å². The lowest BCUT2D eigenvalue weighted by molar-refractivity contribution is -0.134. The third-order valence-electron chi connectivity index (χ3n) is 4.66. The summed E-state index contributed by atoms with van der Waals surface area (Å²) in [6.07, 6.45) is 0. The van der Waals surface area contributed by atoms with Crippen molar-refractivity contribution < 1.29 is 23.2 Å². The molecule has 1 N–H and O–H groups in total. The van der Waals surface area contributed by atoms with Crippen molar-refractivity contribution in [2.75, 3.05) is 18.0 Å². The number of hydrogen-bond acceptors (Lipinski definition) is 4. The third-order valence-corrected chi connectivity index (χ3v) is 4.66. The minimum Gasteiger partial charge on any atom is -0.319 e. The van der Waals surface area contributed by atoms with E-state index >= 15 is 0 Å². The molecule has 2 aromatic rings. The van der Waals surface area contributed by atoms with Crippen LogP contribution in [0.4, 0.5) is 19.3 Å². The molecule has 3 rings (SSSR count). The number of urea groups is 1. The van der Waals surface area contributed by atoms with Crippen molar-refractivity contribution in [3.8, 4) is 6.07 Å². The molecule has 0 radical (unpaired) electrons. The van der Waals surface area contributed by atoms with Crippen LogP contribution in [0.15, 0.2) is 48.5 Å². The summed E-state index contributed by atoms with van der Waals surface area (Å²) in [5.41, 5.74) is -1.17. The predicted octanol–water partition coefficient (Wildman–Crippen LogP) is 2.29. The zero-order chi connectivity index (χ0) is 21.2. The number of carbonyl (C=O) groups excluding carboxylic acids is 3. The summed E-state index contributed by atoms with van der Waals surface area (Å²) in [5, 5.41) is 11.4. The third kappa shape index (κ3) is 3.65. The lowest BCUT2D eigenvalue weighted by Gasteiger charge is -2.24. The van der Waals surface area contributed by atoms with E-state index in [0.29, 0.717) is 10.6 Å². The lowest BCUT2D eigenvalue weighted by atomic mass is 9.92. The predicted molar refractivity (Wildman–Crippen MR) is 98.4 cm³/mol. The second-order valence-electron chi connectivity index (χ2n) is 6.55. The molecule has 29 heavy (non-hydrogen) atoms. The summed E-state index contributed by atoms with van der Waals surface area (Å²) < 4.78 is 26.8. The first-order valence-corrected chi connectivity index (χ1v) is 8.60. The van der Waals surface area contributed by atoms with E-state index in [-0.39, 0.29) is 12.1 Å². The molecule has 9 heteroatoms. The highest BCUT2D eigenvalue weighted by molar-refractivity contribution is 6.10. The Morgan fingerprint density at radius 3 is 2.48 bits per heavy atom. The van der Waals surface area contributed by atoms with Gasteiger partial charge >= 0.3 is 6.03 Å². The standard InChI is InChI=1S/C20H16F2N4O3/c1-20(13-7-8-15(21)16(22)11-13)18(28)26(19(29)24-20)12-17(27)25(10-9-23)14-5-3-2-4-6-14/h2-8,11H,10,12H2,1H3,(H,24,29). The minimum absolute atomic E-state index is 0.0432. The Kier molecular flexibility index (Phi) is 5.28. The molecule has 1 heterocycles. The van der Waals surface area contributed by atoms with E-state index in [1.54, 1.807) is 30.3 Å². The summed E-state index contributed by atoms with van der Waals surface area (Å²) in [6, 6.07) is 12.2. The maximum absolute atomic E-state index is 13.6. The zero-order valence-corrected chi connectivity index (χ0v) is 15.4. The highest BCUT2D eigenvalue weighted by Crippen LogP contribution is 2.30. The number of para-hydroxylation sites is 1. The molecule has 0 spiro atoms. The molecular weight excluding hydrogens is 382 g/mol. The average molecular weight is 398 g/mol. The van der Waals surface area contributed by atoms with Crippen LogP contribution in [0.5, 0.6) is 0 Å². The topological polar surface area (TPSA) is 93.5 Å². The van der Waals surface area contributed by atoms with Gasteiger partial charge < -0.3 is 5.32 Å². The average Bonchev–Trinajstić information content (AvgIpc) is 2.92. The summed E-state index contributed by atoms with van der Waals surface area (Å²) in [5.74, 6) is -3.68. The van der Waals surface area contributed by atoms with Gasteiger partial charge in [-0.3, -0.25) is 19.4 Å². The summed E-state index contributed by atoms with van der Waals surface area (Å²) in [6.45, 7) is 0.460. The van der Waals surface area contributed by atoms with Gasteiger partial charge in [-0.25, -0.2) is 13.6 Å². The highest BCUT2D eigenvalue weighted by Gasteiger charge is 2.50. The summed E-state index contributed by atoms with van der Waals surface area (Å²) in [7, 11) is 0. The van der Waals surface area contributed by atoms with Crippen molar-refractivity contribution in [3.05, 3.63) is 65.7 Å². The van der Waals surface area contributed by atoms with Gasteiger partial charge in [0, 0.05) is 5.69 Å². The molecule has 0 saturated carbocycles. The maximum atomic E-state index is 13.6. The molecule has 0 bridgehead atoms. The van der Waals surface area contributed by atoms with Crippen LogP contribution in [-0.2, 0) is 15.1 Å². The Hall–Kier alpha value is -3.80. The molecular formula is C20H16F2N4O3. The van der Waals surface area contributed by atoms with Gasteiger partial charge in [0.1, 0.15) is 18.6 Å². The van der Waals surface area contributed by atoms with Gasteiger partial charge in [-0.15, -0.1) is 0 Å². The fourth-order valence-electron chi connectivity index (χ4n) is 3.07. The number of rotatable bonds is 5. The number of nitrogens with one attached hydrogen (secondary N) is 1. The smallest absolute Gasteiger partial charge is 0.319 e. The van der Waals surface area contributed by atoms with Crippen LogP contribution in [0.25, 0.3) is 0 Å². The van der Waals surface area contributed by atoms with Crippen molar-refractivity contribution >= 4 is 23.5 Å². The number of imide groups is 1. The fourth-order valence-corrected chi connectivity index (χ4v) is 3.07. The van der Waals surface area contributed by atoms with Gasteiger partial charge in [-0.2, -0.15) is 5.26 Å². The van der Waals surface area contributed by atoms with Crippen LogP contribution >= 0.6 is 0 Å². The Morgan fingerprint density at radius 1 is 1.17 bits per heavy atom. The van der Waals surface area contributed by atoms with Crippen LogP contribution in [0, 0.1) is 23.0 Å². The van der Waals surface area contributed by atoms with Crippen LogP contribution < -0.4 is 10.2 Å². The molecule has 1 unspecified atom stereocenters. The first-order chi connectivity index (χ1) is 13.8. The fraction of sp³-hybridized carbons (Fsp3) is 0.200. The zero-order valence-electron chi connectivity index (χ0n) is 15.4. The molecule has 1 atom stereocenters. The molecule has 2 aromatic carbocycles. The Bertz CT molecular complexity index is 1020. The SMILES string of the molecule is CC1(c2ccc(F)c(F)c2)NC(=O)N(CC(=O)N(CC#N)c2ccccc2)C1=O. The van der Waals surface area contributed by atoms with Crippen LogP contribution in [0.2, 0.25) is 0 Å². The van der Waals surface area contributed by atoms with Gasteiger partial charge in [0.25, 0.3) is 5.91 Å². The highest BCUT2D eigenvalue weighted by atomic mass is 19.2. The Morgan fingerprint density at radius 2 is 1.86 bits per heavy atom. The van der Waals surface area contributed by atoms with Crippen molar-refractivity contribution in [2.45, 2.75) is 12.5 Å². The minimum atomic E-state index is -1.65. The largest absolute Gasteiger partial charge is 0.325 e. The quantitative estimate of drug-likeness (QED) is 0.618. The van der Waals surface area contributed by atoms with Crippen LogP contribution in [-0.4, -0.2) is 35.8 Å². The van der Waals surface area contributed by atoms with Gasteiger partial charge in [-0.1, -0.05) is 24.3 Å². The molecule has 7 nitrogen and oxygen atoms in total. The maximum Gasteiger partial charge on any atom is 0.325 e. The molecule has 1 saturated heterocycles. The van der Waals surface area contributed by atoms with Crippen molar-refractivity contribution in [1.82, 2.24) is 10.2 Å². The number of carbonyl (C=O) groups is 3. The number of anilines is 1. The Labute approximate surface area is 165 Å². The van der Waals surface area contributed by atoms with Crippen LogP contribution in [0.3, 0.4) is 0 Å². The Balaban J connectivity index is 1.85. The van der Waals surface area contributed by atoms with E-state index in [0.717, 1.165) is 17.0 Å². The summed E-state index contributed by atoms with van der Waals surface area (Å²) >= 11 is 0. The second kappa shape index (κ2) is 7.67. The van der Waals surface area contributed by atoms with Crippen molar-refractivity contribution in [3.63, 3.8) is 0 Å². The molecule has 4 amide bonds. The number of nitrogens with zero attached hydrogens (tertiary/aromatic N) is 3. The molecule has 148 valence electrons. The van der Waals surface area contributed by atoms with Gasteiger partial charge in [-0.05, 0) is 36.8 Å². The molecule has 1 fully saturated rings. The molecule has 0 aromatic heterocycles. The van der Waals surface area contributed by atoms with E-state index in [9.17, 15) is 23.2 Å². The molecule has 0 aliphatic carbocycles. The van der Waals surface area contributed by atoms with Gasteiger partial charge in [0.2, 0.25) is 5.91 Å². The first kappa shape index (κ1) is 19.9. The molecule has 1 aliphatic heterocycles. The van der Waals surface area contributed by atoms with E-state index in [1.807, 2.05) is 6.07 Å². The van der Waals surface area contributed by atoms with E-state index in [2.05, 4.69) is 5.32 Å². The van der Waals surface area contributed by atoms with E-state index < -0.39 is 41.6 Å². The number of hydrogen-bond donors (Lipinski definition) is 1. The van der Waals surface area contributed by atoms with E-state index in [1.165, 1.54) is 13.0 Å². The van der Waals surface area contributed by atoms with E-state index in [4.69, 9.17) is 5.26 Å². The lowest BCUT2D eigenvalue weighted by Crippen LogP contribution is -2.45. The number of nitriles is 1. The summed E-state index contributed by atoms with van der Waals surface area (Å²) in [4.78, 5) is 39.8. The number of benzene rings is 2. The van der Waals surface area contributed by atoms with Gasteiger partial charge in [0.05, 0.1) is 6.07 Å². The number of halogens is 2. The monoisotopic (exact) mass is 398 g/mol. The second-order valence-corrected chi connectivity index (χ2v) is 6.55. The first-order valence-electron chi connectivity index (χ1n) is 8.60. The van der Waals surface area contributed by atoms with Crippen LogP contribution in [0.1, 0.15) is 12.5 Å². The van der Waals surface area contributed by atoms with Crippen molar-refractivity contribution in [1.29, 1.82) is 5.26 Å². The normalized spacial score (nSPS) is 18.3. The molecule has 1 aliphatic rings.